The fourth-order valence-corrected chi connectivity index (χ4v) is 7.71. The van der Waals surface area contributed by atoms with Crippen LogP contribution in [0.2, 0.25) is 0 Å². The molecule has 5 rings (SSSR count). The van der Waals surface area contributed by atoms with Crippen molar-refractivity contribution >= 4 is 23.8 Å². The Hall–Kier alpha value is -4.07. The maximum atomic E-state index is 11.9. The van der Waals surface area contributed by atoms with Gasteiger partial charge in [0.2, 0.25) is 0 Å². The summed E-state index contributed by atoms with van der Waals surface area (Å²) in [5, 5.41) is 14.9. The van der Waals surface area contributed by atoms with Gasteiger partial charge in [0.15, 0.2) is 0 Å². The summed E-state index contributed by atoms with van der Waals surface area (Å²) in [4.78, 5) is 0. The highest BCUT2D eigenvalue weighted by atomic mass is 31.1. The van der Waals surface area contributed by atoms with Gasteiger partial charge < -0.3 is 14.6 Å². The minimum atomic E-state index is -1.31. The molecule has 0 bridgehead atoms. The van der Waals surface area contributed by atoms with E-state index in [-0.39, 0.29) is 5.41 Å². The summed E-state index contributed by atoms with van der Waals surface area (Å²) in [5.41, 5.74) is 2.87. The number of rotatable bonds is 7. The van der Waals surface area contributed by atoms with E-state index < -0.39 is 7.92 Å². The quantitative estimate of drug-likeness (QED) is 0.208. The van der Waals surface area contributed by atoms with E-state index in [2.05, 4.69) is 52.8 Å². The molecule has 0 radical (unpaired) electrons. The van der Waals surface area contributed by atoms with E-state index in [1.165, 1.54) is 0 Å². The molecule has 202 valence electrons. The van der Waals surface area contributed by atoms with Gasteiger partial charge in [-0.05, 0) is 80.3 Å². The van der Waals surface area contributed by atoms with Crippen LogP contribution in [0.15, 0.2) is 115 Å². The Balaban J connectivity index is 1.80. The molecule has 0 saturated carbocycles. The summed E-state index contributed by atoms with van der Waals surface area (Å²) in [5.74, 6) is 3.40. The smallest absolute Gasteiger partial charge is 0.136 e. The molecule has 0 aliphatic heterocycles. The largest absolute Gasteiger partial charge is 0.507 e. The topological polar surface area (TPSA) is 38.7 Å². The molecule has 5 aromatic rings. The Bertz CT molecular complexity index is 1510. The monoisotopic (exact) mass is 546 g/mol. The van der Waals surface area contributed by atoms with Gasteiger partial charge in [0.05, 0.1) is 0 Å². The molecule has 1 N–H and O–H groups in total. The first kappa shape index (κ1) is 27.5. The summed E-state index contributed by atoms with van der Waals surface area (Å²) < 4.78 is 13.1. The molecule has 3 nitrogen and oxygen atoms in total. The number of benzene rings is 5. The first-order valence-corrected chi connectivity index (χ1v) is 14.9. The second-order valence-corrected chi connectivity index (χ2v) is 13.0. The predicted octanol–water partition coefficient (Wildman–Crippen LogP) is 8.65. The summed E-state index contributed by atoms with van der Waals surface area (Å²) >= 11 is 0. The van der Waals surface area contributed by atoms with Gasteiger partial charge >= 0.3 is 0 Å². The van der Waals surface area contributed by atoms with Gasteiger partial charge in [-0.25, -0.2) is 0 Å². The summed E-state index contributed by atoms with van der Waals surface area (Å²) in [6.07, 6.45) is 0. The van der Waals surface area contributed by atoms with Crippen molar-refractivity contribution < 1.29 is 14.6 Å². The van der Waals surface area contributed by atoms with Crippen LogP contribution in [0.3, 0.4) is 0 Å². The van der Waals surface area contributed by atoms with Crippen molar-refractivity contribution in [2.45, 2.75) is 40.0 Å². The maximum Gasteiger partial charge on any atom is 0.136 e. The molecule has 0 aromatic heterocycles. The maximum absolute atomic E-state index is 11.9. The van der Waals surface area contributed by atoms with Crippen molar-refractivity contribution in [2.24, 2.45) is 0 Å². The van der Waals surface area contributed by atoms with E-state index >= 15 is 0 Å². The van der Waals surface area contributed by atoms with Crippen LogP contribution in [0.25, 0.3) is 0 Å². The van der Waals surface area contributed by atoms with Gasteiger partial charge in [-0.2, -0.15) is 0 Å². The zero-order valence-corrected chi connectivity index (χ0v) is 24.6. The summed E-state index contributed by atoms with van der Waals surface area (Å²) in [6, 6.07) is 38.1. The fourth-order valence-electron chi connectivity index (χ4n) is 4.90. The molecule has 0 fully saturated rings. The van der Waals surface area contributed by atoms with Crippen LogP contribution in [-0.2, 0) is 5.41 Å². The van der Waals surface area contributed by atoms with Crippen LogP contribution in [0.5, 0.6) is 28.7 Å². The molecule has 0 saturated heterocycles. The van der Waals surface area contributed by atoms with Crippen molar-refractivity contribution in [1.82, 2.24) is 0 Å². The second kappa shape index (κ2) is 11.6. The Morgan fingerprint density at radius 1 is 0.550 bits per heavy atom. The van der Waals surface area contributed by atoms with E-state index in [0.29, 0.717) is 5.75 Å². The van der Waals surface area contributed by atoms with Crippen LogP contribution in [0.1, 0.15) is 37.5 Å². The van der Waals surface area contributed by atoms with Gasteiger partial charge in [-0.15, -0.1) is 0 Å². The molecule has 0 unspecified atom stereocenters. The minimum absolute atomic E-state index is 0.231. The Labute approximate surface area is 238 Å². The summed E-state index contributed by atoms with van der Waals surface area (Å²) in [7, 11) is -1.31. The van der Waals surface area contributed by atoms with Gasteiger partial charge in [-0.3, -0.25) is 0 Å². The highest BCUT2D eigenvalue weighted by Gasteiger charge is 2.31. The fraction of sp³-hybridized carbons (Fsp3) is 0.167. The second-order valence-electron chi connectivity index (χ2n) is 10.9. The highest BCUT2D eigenvalue weighted by molar-refractivity contribution is 7.80. The lowest BCUT2D eigenvalue weighted by atomic mass is 9.86. The van der Waals surface area contributed by atoms with Crippen molar-refractivity contribution in [3.05, 3.63) is 132 Å². The molecule has 40 heavy (non-hydrogen) atoms. The third kappa shape index (κ3) is 5.76. The number of aromatic hydroxyl groups is 1. The number of ether oxygens (including phenoxy) is 2. The molecule has 0 atom stereocenters. The Kier molecular flexibility index (Phi) is 7.96. The number of phenols is 1. The van der Waals surface area contributed by atoms with Crippen LogP contribution < -0.4 is 25.4 Å². The first-order chi connectivity index (χ1) is 19.2. The van der Waals surface area contributed by atoms with Crippen molar-refractivity contribution in [1.29, 1.82) is 0 Å². The number of hydrogen-bond donors (Lipinski definition) is 1. The van der Waals surface area contributed by atoms with E-state index in [1.807, 2.05) is 97.1 Å². The van der Waals surface area contributed by atoms with E-state index in [0.717, 1.165) is 55.6 Å². The molecule has 4 heteroatoms. The van der Waals surface area contributed by atoms with Crippen LogP contribution in [-0.4, -0.2) is 5.11 Å². The van der Waals surface area contributed by atoms with Gasteiger partial charge in [0, 0.05) is 15.9 Å². The zero-order valence-electron chi connectivity index (χ0n) is 23.7. The van der Waals surface area contributed by atoms with E-state index in [1.54, 1.807) is 0 Å². The third-order valence-electron chi connectivity index (χ3n) is 6.85. The van der Waals surface area contributed by atoms with Crippen LogP contribution in [0.4, 0.5) is 0 Å². The number of hydrogen-bond acceptors (Lipinski definition) is 3. The van der Waals surface area contributed by atoms with Crippen LogP contribution >= 0.6 is 7.92 Å². The first-order valence-electron chi connectivity index (χ1n) is 13.5. The highest BCUT2D eigenvalue weighted by Crippen LogP contribution is 2.47. The van der Waals surface area contributed by atoms with Crippen LogP contribution in [0, 0.1) is 13.8 Å². The van der Waals surface area contributed by atoms with Crippen molar-refractivity contribution in [3.63, 3.8) is 0 Å². The third-order valence-corrected chi connectivity index (χ3v) is 9.74. The lowest BCUT2D eigenvalue weighted by Gasteiger charge is -2.29. The molecular weight excluding hydrogens is 511 g/mol. The van der Waals surface area contributed by atoms with E-state index in [9.17, 15) is 5.11 Å². The summed E-state index contributed by atoms with van der Waals surface area (Å²) in [6.45, 7) is 10.6. The Morgan fingerprint density at radius 3 is 1.45 bits per heavy atom. The molecule has 0 heterocycles. The average Bonchev–Trinajstić information content (AvgIpc) is 2.92. The van der Waals surface area contributed by atoms with Crippen molar-refractivity contribution in [2.75, 3.05) is 0 Å². The van der Waals surface area contributed by atoms with Crippen molar-refractivity contribution in [3.8, 4) is 28.7 Å². The SMILES string of the molecule is Cc1cccc(Oc2ccccc2)c1P(c1cccc(C(C)(C)C)c1O)c1c(C)cccc1Oc1ccccc1. The number of aryl methyl sites for hydroxylation is 2. The lowest BCUT2D eigenvalue weighted by Crippen LogP contribution is -2.27. The predicted molar refractivity (Wildman–Crippen MR) is 168 cm³/mol. The zero-order chi connectivity index (χ0) is 28.3. The molecule has 0 amide bonds. The normalized spacial score (nSPS) is 11.4. The Morgan fingerprint density at radius 2 is 1.00 bits per heavy atom. The number of phenolic OH excluding ortho intramolecular Hbond substituents is 1. The molecule has 0 aliphatic carbocycles. The average molecular weight is 547 g/mol. The molecular formula is C36H35O3P. The molecule has 0 spiro atoms. The molecule has 0 aliphatic rings. The van der Waals surface area contributed by atoms with Gasteiger partial charge in [-0.1, -0.05) is 99.6 Å². The molecule has 5 aromatic carbocycles. The minimum Gasteiger partial charge on any atom is -0.507 e. The number of para-hydroxylation sites is 3. The van der Waals surface area contributed by atoms with Gasteiger partial charge in [0.1, 0.15) is 28.7 Å². The van der Waals surface area contributed by atoms with Gasteiger partial charge in [0.25, 0.3) is 0 Å². The standard InChI is InChI=1S/C36H35O3P/c1-25-15-12-22-30(38-27-17-8-6-9-18-27)34(25)40(32-24-14-21-29(33(32)37)36(3,4)5)35-26(2)16-13-23-31(35)39-28-19-10-7-11-20-28/h6-24,37H,1-5H3. The lowest BCUT2D eigenvalue weighted by molar-refractivity contribution is 0.451. The van der Waals surface area contributed by atoms with E-state index in [4.69, 9.17) is 9.47 Å².